The molecule has 1 amide bonds. The van der Waals surface area contributed by atoms with Gasteiger partial charge in [0, 0.05) is 6.54 Å². The van der Waals surface area contributed by atoms with E-state index in [0.717, 1.165) is 6.42 Å². The number of para-hydroxylation sites is 2. The van der Waals surface area contributed by atoms with Crippen molar-refractivity contribution in [3.05, 3.63) is 24.3 Å². The second kappa shape index (κ2) is 6.13. The molecule has 3 N–H and O–H groups in total. The molecule has 1 aliphatic rings. The van der Waals surface area contributed by atoms with E-state index in [1.165, 1.54) is 0 Å². The summed E-state index contributed by atoms with van der Waals surface area (Å²) in [7, 11) is 0. The third-order valence-corrected chi connectivity index (χ3v) is 3.36. The Morgan fingerprint density at radius 1 is 1.40 bits per heavy atom. The van der Waals surface area contributed by atoms with Crippen LogP contribution in [0.15, 0.2) is 24.3 Å². The number of carbonyl (C=O) groups excluding carboxylic acids is 1. The summed E-state index contributed by atoms with van der Waals surface area (Å²) in [5, 5.41) is 2.91. The first kappa shape index (κ1) is 14.7. The van der Waals surface area contributed by atoms with Gasteiger partial charge in [-0.2, -0.15) is 0 Å². The topological polar surface area (TPSA) is 73.6 Å². The Labute approximate surface area is 119 Å². The summed E-state index contributed by atoms with van der Waals surface area (Å²) in [6.45, 7) is 5.57. The van der Waals surface area contributed by atoms with Crippen LogP contribution in [0.5, 0.6) is 11.5 Å². The Hall–Kier alpha value is -1.75. The van der Waals surface area contributed by atoms with Crippen molar-refractivity contribution in [2.45, 2.75) is 26.4 Å². The van der Waals surface area contributed by atoms with Crippen molar-refractivity contribution in [1.29, 1.82) is 0 Å². The molecule has 0 aromatic heterocycles. The number of rotatable bonds is 5. The SMILES string of the molecule is CC(C)(CCN)CNC(=O)C1COc2ccccc2O1. The van der Waals surface area contributed by atoms with Crippen molar-refractivity contribution in [2.24, 2.45) is 11.1 Å². The summed E-state index contributed by atoms with van der Waals surface area (Å²) >= 11 is 0. The minimum absolute atomic E-state index is 0.0160. The number of benzene rings is 1. The van der Waals surface area contributed by atoms with Crippen molar-refractivity contribution in [3.63, 3.8) is 0 Å². The smallest absolute Gasteiger partial charge is 0.264 e. The van der Waals surface area contributed by atoms with Gasteiger partial charge in [-0.3, -0.25) is 4.79 Å². The highest BCUT2D eigenvalue weighted by atomic mass is 16.6. The number of nitrogens with one attached hydrogen (secondary N) is 1. The normalized spacial score (nSPS) is 17.6. The Morgan fingerprint density at radius 3 is 2.80 bits per heavy atom. The van der Waals surface area contributed by atoms with Crippen LogP contribution in [-0.4, -0.2) is 31.7 Å². The van der Waals surface area contributed by atoms with Crippen LogP contribution in [0.2, 0.25) is 0 Å². The maximum absolute atomic E-state index is 12.1. The number of nitrogens with two attached hydrogens (primary N) is 1. The van der Waals surface area contributed by atoms with E-state index >= 15 is 0 Å². The van der Waals surface area contributed by atoms with Crippen LogP contribution in [0, 0.1) is 5.41 Å². The lowest BCUT2D eigenvalue weighted by Gasteiger charge is -2.28. The molecule has 0 bridgehead atoms. The van der Waals surface area contributed by atoms with Gasteiger partial charge in [0.2, 0.25) is 6.10 Å². The zero-order chi connectivity index (χ0) is 14.6. The fourth-order valence-electron chi connectivity index (χ4n) is 2.07. The molecule has 5 nitrogen and oxygen atoms in total. The molecular formula is C15H22N2O3. The summed E-state index contributed by atoms with van der Waals surface area (Å²) < 4.78 is 11.2. The molecule has 1 unspecified atom stereocenters. The zero-order valence-electron chi connectivity index (χ0n) is 12.0. The number of carbonyl (C=O) groups is 1. The van der Waals surface area contributed by atoms with E-state index in [-0.39, 0.29) is 17.9 Å². The number of ether oxygens (including phenoxy) is 2. The molecule has 2 rings (SSSR count). The van der Waals surface area contributed by atoms with Gasteiger partial charge in [-0.15, -0.1) is 0 Å². The maximum Gasteiger partial charge on any atom is 0.264 e. The van der Waals surface area contributed by atoms with Crippen molar-refractivity contribution in [1.82, 2.24) is 5.32 Å². The molecule has 0 saturated heterocycles. The van der Waals surface area contributed by atoms with E-state index in [0.29, 0.717) is 24.6 Å². The first-order chi connectivity index (χ1) is 9.52. The average Bonchev–Trinajstić information content (AvgIpc) is 2.44. The summed E-state index contributed by atoms with van der Waals surface area (Å²) in [5.74, 6) is 1.14. The molecule has 1 aliphatic heterocycles. The molecule has 1 heterocycles. The Balaban J connectivity index is 1.89. The Bertz CT molecular complexity index is 474. The highest BCUT2D eigenvalue weighted by Crippen LogP contribution is 2.30. The van der Waals surface area contributed by atoms with Gasteiger partial charge in [0.05, 0.1) is 0 Å². The van der Waals surface area contributed by atoms with Crippen molar-refractivity contribution < 1.29 is 14.3 Å². The van der Waals surface area contributed by atoms with E-state index < -0.39 is 6.10 Å². The van der Waals surface area contributed by atoms with Gasteiger partial charge in [-0.25, -0.2) is 0 Å². The number of hydrogen-bond acceptors (Lipinski definition) is 4. The van der Waals surface area contributed by atoms with Crippen molar-refractivity contribution in [2.75, 3.05) is 19.7 Å². The van der Waals surface area contributed by atoms with E-state index in [1.807, 2.05) is 18.2 Å². The Morgan fingerprint density at radius 2 is 2.10 bits per heavy atom. The zero-order valence-corrected chi connectivity index (χ0v) is 12.0. The number of hydrogen-bond donors (Lipinski definition) is 2. The lowest BCUT2D eigenvalue weighted by atomic mass is 9.89. The number of fused-ring (bicyclic) bond motifs is 1. The lowest BCUT2D eigenvalue weighted by Crippen LogP contribution is -2.46. The molecule has 20 heavy (non-hydrogen) atoms. The maximum atomic E-state index is 12.1. The standard InChI is InChI=1S/C15H22N2O3/c1-15(2,7-8-16)10-17-14(18)13-9-19-11-5-3-4-6-12(11)20-13/h3-6,13H,7-10,16H2,1-2H3,(H,17,18). The molecular weight excluding hydrogens is 256 g/mol. The van der Waals surface area contributed by atoms with E-state index in [2.05, 4.69) is 19.2 Å². The fraction of sp³-hybridized carbons (Fsp3) is 0.533. The van der Waals surface area contributed by atoms with Crippen LogP contribution in [0.1, 0.15) is 20.3 Å². The van der Waals surface area contributed by atoms with Gasteiger partial charge in [0.1, 0.15) is 6.61 Å². The highest BCUT2D eigenvalue weighted by Gasteiger charge is 2.28. The minimum atomic E-state index is -0.599. The van der Waals surface area contributed by atoms with Crippen LogP contribution in [0.25, 0.3) is 0 Å². The van der Waals surface area contributed by atoms with Crippen LogP contribution in [0.3, 0.4) is 0 Å². The van der Waals surface area contributed by atoms with E-state index in [1.54, 1.807) is 6.07 Å². The lowest BCUT2D eigenvalue weighted by molar-refractivity contribution is -0.130. The molecule has 0 radical (unpaired) electrons. The molecule has 0 fully saturated rings. The third-order valence-electron chi connectivity index (χ3n) is 3.36. The van der Waals surface area contributed by atoms with Gasteiger partial charge in [-0.1, -0.05) is 26.0 Å². The van der Waals surface area contributed by atoms with E-state index in [4.69, 9.17) is 15.2 Å². The van der Waals surface area contributed by atoms with Crippen molar-refractivity contribution in [3.8, 4) is 11.5 Å². The summed E-state index contributed by atoms with van der Waals surface area (Å²) in [6.07, 6.45) is 0.261. The highest BCUT2D eigenvalue weighted by molar-refractivity contribution is 5.81. The predicted molar refractivity (Wildman–Crippen MR) is 76.8 cm³/mol. The monoisotopic (exact) mass is 278 g/mol. The third kappa shape index (κ3) is 3.63. The molecule has 0 saturated carbocycles. The molecule has 0 aliphatic carbocycles. The Kier molecular flexibility index (Phi) is 4.49. The molecule has 0 spiro atoms. The van der Waals surface area contributed by atoms with Gasteiger partial charge < -0.3 is 20.5 Å². The number of amides is 1. The quantitative estimate of drug-likeness (QED) is 0.852. The van der Waals surface area contributed by atoms with Crippen LogP contribution in [0.4, 0.5) is 0 Å². The largest absolute Gasteiger partial charge is 0.485 e. The van der Waals surface area contributed by atoms with Crippen LogP contribution < -0.4 is 20.5 Å². The van der Waals surface area contributed by atoms with Gasteiger partial charge in [0.15, 0.2) is 11.5 Å². The molecule has 1 atom stereocenters. The van der Waals surface area contributed by atoms with Crippen LogP contribution >= 0.6 is 0 Å². The fourth-order valence-corrected chi connectivity index (χ4v) is 2.07. The second-order valence-electron chi connectivity index (χ2n) is 5.78. The van der Waals surface area contributed by atoms with Gasteiger partial charge in [0.25, 0.3) is 5.91 Å². The summed E-state index contributed by atoms with van der Waals surface area (Å²) in [6, 6.07) is 7.35. The van der Waals surface area contributed by atoms with Crippen LogP contribution in [-0.2, 0) is 4.79 Å². The molecule has 1 aromatic rings. The molecule has 110 valence electrons. The predicted octanol–water partition coefficient (Wildman–Crippen LogP) is 1.32. The second-order valence-corrected chi connectivity index (χ2v) is 5.78. The first-order valence-corrected chi connectivity index (χ1v) is 6.88. The average molecular weight is 278 g/mol. The molecule has 5 heteroatoms. The summed E-state index contributed by atoms with van der Waals surface area (Å²) in [5.41, 5.74) is 5.54. The van der Waals surface area contributed by atoms with E-state index in [9.17, 15) is 4.79 Å². The minimum Gasteiger partial charge on any atom is -0.485 e. The first-order valence-electron chi connectivity index (χ1n) is 6.88. The van der Waals surface area contributed by atoms with Gasteiger partial charge >= 0.3 is 0 Å². The van der Waals surface area contributed by atoms with Gasteiger partial charge in [-0.05, 0) is 30.5 Å². The summed E-state index contributed by atoms with van der Waals surface area (Å²) in [4.78, 5) is 12.1. The van der Waals surface area contributed by atoms with Crippen molar-refractivity contribution >= 4 is 5.91 Å². The molecule has 1 aromatic carbocycles.